The Bertz CT molecular complexity index is 682. The van der Waals surface area contributed by atoms with E-state index in [4.69, 9.17) is 0 Å². The number of nitrogens with zero attached hydrogens (tertiary/aromatic N) is 3. The van der Waals surface area contributed by atoms with Crippen molar-refractivity contribution >= 4 is 23.0 Å². The molecule has 1 aromatic carbocycles. The van der Waals surface area contributed by atoms with Gasteiger partial charge in [-0.15, -0.1) is 0 Å². The number of pyridine rings is 1. The van der Waals surface area contributed by atoms with E-state index in [0.717, 1.165) is 48.9 Å². The van der Waals surface area contributed by atoms with Crippen LogP contribution >= 0.6 is 0 Å². The standard InChI is InChI=1S/C16H15N3O/c17-10-14-9-13-3-1-2-4-15(13)18-16(14)19-7-5-12(11-20)6-8-19/h1-4,9,11-12H,5-8H2. The predicted molar refractivity (Wildman–Crippen MR) is 77.5 cm³/mol. The Kier molecular flexibility index (Phi) is 3.34. The summed E-state index contributed by atoms with van der Waals surface area (Å²) in [5, 5.41) is 10.3. The van der Waals surface area contributed by atoms with E-state index < -0.39 is 0 Å². The van der Waals surface area contributed by atoms with E-state index >= 15 is 0 Å². The first kappa shape index (κ1) is 12.6. The SMILES string of the molecule is N#Cc1cc2ccccc2nc1N1CCC(C=O)CC1. The molecule has 1 aromatic heterocycles. The van der Waals surface area contributed by atoms with Crippen molar-refractivity contribution in [1.82, 2.24) is 4.98 Å². The molecule has 3 rings (SSSR count). The molecule has 0 radical (unpaired) electrons. The summed E-state index contributed by atoms with van der Waals surface area (Å²) < 4.78 is 0. The molecular formula is C16H15N3O. The molecule has 0 amide bonds. The molecule has 1 aliphatic heterocycles. The van der Waals surface area contributed by atoms with Gasteiger partial charge in [0.1, 0.15) is 18.2 Å². The second-order valence-corrected chi connectivity index (χ2v) is 5.12. The first-order valence-corrected chi connectivity index (χ1v) is 6.82. The Hall–Kier alpha value is -2.41. The number of piperidine rings is 1. The molecule has 0 bridgehead atoms. The molecule has 0 saturated carbocycles. The van der Waals surface area contributed by atoms with Crippen molar-refractivity contribution in [3.8, 4) is 6.07 Å². The highest BCUT2D eigenvalue weighted by Crippen LogP contribution is 2.26. The van der Waals surface area contributed by atoms with Crippen LogP contribution in [0.4, 0.5) is 5.82 Å². The van der Waals surface area contributed by atoms with E-state index in [0.29, 0.717) is 5.56 Å². The van der Waals surface area contributed by atoms with Crippen molar-refractivity contribution in [3.05, 3.63) is 35.9 Å². The van der Waals surface area contributed by atoms with Gasteiger partial charge in [-0.3, -0.25) is 0 Å². The summed E-state index contributed by atoms with van der Waals surface area (Å²) in [5.74, 6) is 0.896. The fraction of sp³-hybridized carbons (Fsp3) is 0.312. The van der Waals surface area contributed by atoms with Crippen LogP contribution in [0.1, 0.15) is 18.4 Å². The number of hydrogen-bond donors (Lipinski definition) is 0. The van der Waals surface area contributed by atoms with E-state index in [2.05, 4.69) is 16.0 Å². The largest absolute Gasteiger partial charge is 0.355 e. The quantitative estimate of drug-likeness (QED) is 0.783. The van der Waals surface area contributed by atoms with Crippen LogP contribution in [-0.4, -0.2) is 24.4 Å². The summed E-state index contributed by atoms with van der Waals surface area (Å²) in [7, 11) is 0. The summed E-state index contributed by atoms with van der Waals surface area (Å²) in [6, 6.07) is 11.9. The number of para-hydroxylation sites is 1. The average molecular weight is 265 g/mol. The van der Waals surface area contributed by atoms with Crippen molar-refractivity contribution in [2.75, 3.05) is 18.0 Å². The molecule has 0 unspecified atom stereocenters. The topological polar surface area (TPSA) is 57.0 Å². The molecule has 0 N–H and O–H groups in total. The van der Waals surface area contributed by atoms with Gasteiger partial charge in [-0.1, -0.05) is 18.2 Å². The Morgan fingerprint density at radius 3 is 2.75 bits per heavy atom. The summed E-state index contributed by atoms with van der Waals surface area (Å²) in [4.78, 5) is 17.6. The van der Waals surface area contributed by atoms with Gasteiger partial charge in [-0.05, 0) is 25.0 Å². The molecule has 0 aliphatic carbocycles. The minimum absolute atomic E-state index is 0.150. The Morgan fingerprint density at radius 1 is 1.30 bits per heavy atom. The summed E-state index contributed by atoms with van der Waals surface area (Å²) in [5.41, 5.74) is 1.51. The monoisotopic (exact) mass is 265 g/mol. The van der Waals surface area contributed by atoms with Crippen LogP contribution in [0.5, 0.6) is 0 Å². The molecule has 100 valence electrons. The van der Waals surface area contributed by atoms with Crippen LogP contribution < -0.4 is 4.90 Å². The van der Waals surface area contributed by atoms with Gasteiger partial charge in [-0.2, -0.15) is 5.26 Å². The lowest BCUT2D eigenvalue weighted by molar-refractivity contribution is -0.111. The lowest BCUT2D eigenvalue weighted by Gasteiger charge is -2.31. The highest BCUT2D eigenvalue weighted by atomic mass is 16.1. The van der Waals surface area contributed by atoms with E-state index in [-0.39, 0.29) is 5.92 Å². The number of anilines is 1. The molecule has 2 aromatic rings. The number of carbonyl (C=O) groups excluding carboxylic acids is 1. The van der Waals surface area contributed by atoms with Crippen molar-refractivity contribution in [2.24, 2.45) is 5.92 Å². The third-order valence-electron chi connectivity index (χ3n) is 3.86. The van der Waals surface area contributed by atoms with Crippen LogP contribution in [0.15, 0.2) is 30.3 Å². The number of carbonyl (C=O) groups is 1. The number of benzene rings is 1. The molecule has 4 heteroatoms. The van der Waals surface area contributed by atoms with E-state index in [1.165, 1.54) is 0 Å². The van der Waals surface area contributed by atoms with Gasteiger partial charge in [0.25, 0.3) is 0 Å². The normalized spacial score (nSPS) is 16.1. The molecular weight excluding hydrogens is 250 g/mol. The molecule has 0 spiro atoms. The summed E-state index contributed by atoms with van der Waals surface area (Å²) in [6.07, 6.45) is 2.71. The minimum atomic E-state index is 0.150. The smallest absolute Gasteiger partial charge is 0.147 e. The molecule has 4 nitrogen and oxygen atoms in total. The Labute approximate surface area is 117 Å². The zero-order valence-electron chi connectivity index (χ0n) is 11.1. The van der Waals surface area contributed by atoms with Crippen molar-refractivity contribution in [3.63, 3.8) is 0 Å². The summed E-state index contributed by atoms with van der Waals surface area (Å²) in [6.45, 7) is 1.56. The van der Waals surface area contributed by atoms with Crippen LogP contribution in [0.2, 0.25) is 0 Å². The van der Waals surface area contributed by atoms with Gasteiger partial charge in [-0.25, -0.2) is 4.98 Å². The lowest BCUT2D eigenvalue weighted by Crippen LogP contribution is -2.35. The maximum absolute atomic E-state index is 10.8. The van der Waals surface area contributed by atoms with Crippen LogP contribution in [0.3, 0.4) is 0 Å². The van der Waals surface area contributed by atoms with Gasteiger partial charge >= 0.3 is 0 Å². The van der Waals surface area contributed by atoms with Crippen LogP contribution in [-0.2, 0) is 4.79 Å². The summed E-state index contributed by atoms with van der Waals surface area (Å²) >= 11 is 0. The van der Waals surface area contributed by atoms with Gasteiger partial charge in [0.15, 0.2) is 0 Å². The highest BCUT2D eigenvalue weighted by Gasteiger charge is 2.22. The number of fused-ring (bicyclic) bond motifs is 1. The second kappa shape index (κ2) is 5.30. The third kappa shape index (κ3) is 2.23. The minimum Gasteiger partial charge on any atom is -0.355 e. The van der Waals surface area contributed by atoms with Crippen LogP contribution in [0.25, 0.3) is 10.9 Å². The van der Waals surface area contributed by atoms with E-state index in [1.54, 1.807) is 0 Å². The van der Waals surface area contributed by atoms with Crippen molar-refractivity contribution < 1.29 is 4.79 Å². The molecule has 0 atom stereocenters. The van der Waals surface area contributed by atoms with Gasteiger partial charge < -0.3 is 9.69 Å². The lowest BCUT2D eigenvalue weighted by atomic mass is 9.98. The van der Waals surface area contributed by atoms with Crippen LogP contribution in [0, 0.1) is 17.2 Å². The molecule has 1 aliphatic rings. The number of aldehydes is 1. The molecule has 1 saturated heterocycles. The Morgan fingerprint density at radius 2 is 2.05 bits per heavy atom. The first-order chi connectivity index (χ1) is 9.81. The zero-order chi connectivity index (χ0) is 13.9. The molecule has 1 fully saturated rings. The number of nitriles is 1. The second-order valence-electron chi connectivity index (χ2n) is 5.12. The number of hydrogen-bond acceptors (Lipinski definition) is 4. The van der Waals surface area contributed by atoms with Crippen molar-refractivity contribution in [2.45, 2.75) is 12.8 Å². The zero-order valence-corrected chi connectivity index (χ0v) is 11.1. The van der Waals surface area contributed by atoms with Gasteiger partial charge in [0, 0.05) is 24.4 Å². The number of rotatable bonds is 2. The van der Waals surface area contributed by atoms with Crippen molar-refractivity contribution in [1.29, 1.82) is 5.26 Å². The Balaban J connectivity index is 1.98. The highest BCUT2D eigenvalue weighted by molar-refractivity contribution is 5.83. The van der Waals surface area contributed by atoms with Gasteiger partial charge in [0.2, 0.25) is 0 Å². The predicted octanol–water partition coefficient (Wildman–Crippen LogP) is 2.52. The average Bonchev–Trinajstić information content (AvgIpc) is 2.53. The molecule has 20 heavy (non-hydrogen) atoms. The fourth-order valence-electron chi connectivity index (χ4n) is 2.68. The van der Waals surface area contributed by atoms with E-state index in [1.807, 2.05) is 30.3 Å². The fourth-order valence-corrected chi connectivity index (χ4v) is 2.68. The van der Waals surface area contributed by atoms with E-state index in [9.17, 15) is 10.1 Å². The number of aromatic nitrogens is 1. The van der Waals surface area contributed by atoms with Gasteiger partial charge in [0.05, 0.1) is 11.1 Å². The third-order valence-corrected chi connectivity index (χ3v) is 3.86. The maximum atomic E-state index is 10.8. The molecule has 2 heterocycles. The first-order valence-electron chi connectivity index (χ1n) is 6.82. The maximum Gasteiger partial charge on any atom is 0.147 e.